The molecule has 0 bridgehead atoms. The standard InChI is InChI=1S/C31H24N4O4/c1-19(21-8-10-23(11-9-21)31(37)38)34-30(36)28-14-25(27-16-33-39-18-27)13-26-15-32-35(29(26)28)17-20-6-7-22-4-2-3-5-24(22)12-20/h2-16,18-19H,17H2,1H3,(H,34,36)(H,37,38)/t19-/m0/s1. The Morgan fingerprint density at radius 3 is 2.46 bits per heavy atom. The lowest BCUT2D eigenvalue weighted by molar-refractivity contribution is 0.0696. The van der Waals surface area contributed by atoms with Crippen LogP contribution in [0.2, 0.25) is 0 Å². The lowest BCUT2D eigenvalue weighted by atomic mass is 10.0. The Hall–Kier alpha value is -5.24. The number of carboxylic acid groups (broad SMARTS) is 1. The van der Waals surface area contributed by atoms with E-state index in [1.807, 2.05) is 35.9 Å². The number of carbonyl (C=O) groups excluding carboxylic acids is 1. The summed E-state index contributed by atoms with van der Waals surface area (Å²) in [4.78, 5) is 24.9. The number of carbonyl (C=O) groups is 2. The molecule has 0 aliphatic heterocycles. The van der Waals surface area contributed by atoms with Crippen LogP contribution in [0.15, 0.2) is 102 Å². The van der Waals surface area contributed by atoms with Gasteiger partial charge in [-0.05, 0) is 64.7 Å². The molecule has 0 aliphatic rings. The monoisotopic (exact) mass is 516 g/mol. The van der Waals surface area contributed by atoms with Gasteiger partial charge in [0.25, 0.3) is 5.91 Å². The van der Waals surface area contributed by atoms with E-state index in [-0.39, 0.29) is 17.5 Å². The smallest absolute Gasteiger partial charge is 0.335 e. The Balaban J connectivity index is 1.38. The van der Waals surface area contributed by atoms with Gasteiger partial charge < -0.3 is 14.9 Å². The molecule has 0 aliphatic carbocycles. The van der Waals surface area contributed by atoms with Crippen molar-refractivity contribution >= 4 is 33.6 Å². The van der Waals surface area contributed by atoms with E-state index in [9.17, 15) is 14.7 Å². The second-order valence-electron chi connectivity index (χ2n) is 9.48. The van der Waals surface area contributed by atoms with E-state index in [0.29, 0.717) is 17.6 Å². The zero-order chi connectivity index (χ0) is 26.9. The highest BCUT2D eigenvalue weighted by molar-refractivity contribution is 6.07. The fourth-order valence-corrected chi connectivity index (χ4v) is 4.82. The largest absolute Gasteiger partial charge is 0.478 e. The third-order valence-corrected chi connectivity index (χ3v) is 6.90. The third-order valence-electron chi connectivity index (χ3n) is 6.90. The Labute approximate surface area is 223 Å². The molecule has 2 heterocycles. The van der Waals surface area contributed by atoms with Crippen molar-refractivity contribution in [2.75, 3.05) is 0 Å². The van der Waals surface area contributed by atoms with Crippen LogP contribution in [0.5, 0.6) is 0 Å². The summed E-state index contributed by atoms with van der Waals surface area (Å²) in [6.45, 7) is 2.36. The Morgan fingerprint density at radius 2 is 1.72 bits per heavy atom. The van der Waals surface area contributed by atoms with Gasteiger partial charge in [0.2, 0.25) is 0 Å². The summed E-state index contributed by atoms with van der Waals surface area (Å²) in [5, 5.41) is 23.8. The number of nitrogens with zero attached hydrogens (tertiary/aromatic N) is 3. The molecular formula is C31H24N4O4. The summed E-state index contributed by atoms with van der Waals surface area (Å²) in [5.74, 6) is -1.26. The van der Waals surface area contributed by atoms with E-state index in [1.54, 1.807) is 24.5 Å². The Morgan fingerprint density at radius 1 is 0.923 bits per heavy atom. The highest BCUT2D eigenvalue weighted by Crippen LogP contribution is 2.29. The zero-order valence-electron chi connectivity index (χ0n) is 21.0. The van der Waals surface area contributed by atoms with E-state index < -0.39 is 5.97 Å². The predicted molar refractivity (Wildman–Crippen MR) is 148 cm³/mol. The van der Waals surface area contributed by atoms with Crippen LogP contribution in [-0.4, -0.2) is 31.9 Å². The molecule has 8 heteroatoms. The maximum Gasteiger partial charge on any atom is 0.335 e. The highest BCUT2D eigenvalue weighted by atomic mass is 16.5. The molecule has 4 aromatic carbocycles. The first-order valence-corrected chi connectivity index (χ1v) is 12.5. The lowest BCUT2D eigenvalue weighted by Crippen LogP contribution is -2.27. The summed E-state index contributed by atoms with van der Waals surface area (Å²) in [5.41, 5.74) is 4.79. The van der Waals surface area contributed by atoms with E-state index in [1.165, 1.54) is 18.4 Å². The van der Waals surface area contributed by atoms with Gasteiger partial charge >= 0.3 is 5.97 Å². The number of hydrogen-bond acceptors (Lipinski definition) is 5. The average molecular weight is 517 g/mol. The van der Waals surface area contributed by atoms with Crippen molar-refractivity contribution in [2.45, 2.75) is 19.5 Å². The number of nitrogens with one attached hydrogen (secondary N) is 1. The molecule has 39 heavy (non-hydrogen) atoms. The van der Waals surface area contributed by atoms with Crippen LogP contribution < -0.4 is 5.32 Å². The molecule has 6 aromatic rings. The summed E-state index contributed by atoms with van der Waals surface area (Å²) >= 11 is 0. The molecule has 0 saturated carbocycles. The highest BCUT2D eigenvalue weighted by Gasteiger charge is 2.20. The number of rotatable bonds is 7. The van der Waals surface area contributed by atoms with Crippen molar-refractivity contribution in [2.24, 2.45) is 0 Å². The normalized spacial score (nSPS) is 12.0. The summed E-state index contributed by atoms with van der Waals surface area (Å²) in [6, 6.07) is 24.4. The minimum absolute atomic E-state index is 0.193. The second kappa shape index (κ2) is 9.90. The van der Waals surface area contributed by atoms with Gasteiger partial charge in [-0.2, -0.15) is 5.10 Å². The van der Waals surface area contributed by atoms with Crippen LogP contribution in [0.1, 0.15) is 44.8 Å². The fourth-order valence-electron chi connectivity index (χ4n) is 4.82. The fraction of sp³-hybridized carbons (Fsp3) is 0.0968. The van der Waals surface area contributed by atoms with Gasteiger partial charge in [-0.1, -0.05) is 53.7 Å². The number of carboxylic acids is 1. The van der Waals surface area contributed by atoms with Crippen LogP contribution in [0, 0.1) is 0 Å². The van der Waals surface area contributed by atoms with Crippen molar-refractivity contribution in [1.82, 2.24) is 20.3 Å². The van der Waals surface area contributed by atoms with Gasteiger partial charge in [-0.15, -0.1) is 0 Å². The molecule has 8 nitrogen and oxygen atoms in total. The molecule has 0 unspecified atom stereocenters. The molecule has 1 atom stereocenters. The predicted octanol–water partition coefficient (Wildman–Crippen LogP) is 6.08. The molecule has 1 amide bonds. The van der Waals surface area contributed by atoms with Crippen molar-refractivity contribution < 1.29 is 19.2 Å². The lowest BCUT2D eigenvalue weighted by Gasteiger charge is -2.16. The maximum atomic E-state index is 13.7. The van der Waals surface area contributed by atoms with Crippen LogP contribution in [0.25, 0.3) is 32.8 Å². The Bertz CT molecular complexity index is 1820. The molecule has 0 saturated heterocycles. The molecule has 0 spiro atoms. The van der Waals surface area contributed by atoms with Gasteiger partial charge in [0.15, 0.2) is 0 Å². The quantitative estimate of drug-likeness (QED) is 0.266. The van der Waals surface area contributed by atoms with E-state index in [4.69, 9.17) is 4.52 Å². The van der Waals surface area contributed by atoms with Crippen LogP contribution >= 0.6 is 0 Å². The molecule has 0 radical (unpaired) electrons. The SMILES string of the molecule is C[C@H](NC(=O)c1cc(-c2cnoc2)cc2cnn(Cc3ccc4ccccc4c3)c12)c1ccc(C(=O)O)cc1. The van der Waals surface area contributed by atoms with Gasteiger partial charge in [-0.25, -0.2) is 4.79 Å². The van der Waals surface area contributed by atoms with Crippen molar-refractivity contribution in [3.05, 3.63) is 120 Å². The molecule has 6 rings (SSSR count). The van der Waals surface area contributed by atoms with E-state index >= 15 is 0 Å². The topological polar surface area (TPSA) is 110 Å². The maximum absolute atomic E-state index is 13.7. The molecule has 192 valence electrons. The number of aromatic carboxylic acids is 1. The van der Waals surface area contributed by atoms with Gasteiger partial charge in [-0.3, -0.25) is 9.48 Å². The Kier molecular flexibility index (Phi) is 6.13. The average Bonchev–Trinajstić information content (AvgIpc) is 3.63. The minimum atomic E-state index is -0.995. The van der Waals surface area contributed by atoms with Crippen molar-refractivity contribution in [3.8, 4) is 11.1 Å². The van der Waals surface area contributed by atoms with E-state index in [2.05, 4.69) is 45.9 Å². The van der Waals surface area contributed by atoms with E-state index in [0.717, 1.165) is 38.4 Å². The number of aromatic nitrogens is 3. The third kappa shape index (κ3) is 4.75. The van der Waals surface area contributed by atoms with Gasteiger partial charge in [0.05, 0.1) is 41.6 Å². The summed E-state index contributed by atoms with van der Waals surface area (Å²) < 4.78 is 6.88. The zero-order valence-corrected chi connectivity index (χ0v) is 21.0. The van der Waals surface area contributed by atoms with Gasteiger partial charge in [0.1, 0.15) is 6.26 Å². The van der Waals surface area contributed by atoms with Crippen LogP contribution in [-0.2, 0) is 6.54 Å². The molecule has 2 N–H and O–H groups in total. The van der Waals surface area contributed by atoms with Crippen LogP contribution in [0.3, 0.4) is 0 Å². The first kappa shape index (κ1) is 24.1. The summed E-state index contributed by atoms with van der Waals surface area (Å²) in [7, 11) is 0. The van der Waals surface area contributed by atoms with Crippen molar-refractivity contribution in [3.63, 3.8) is 0 Å². The number of fused-ring (bicyclic) bond motifs is 2. The number of hydrogen-bond donors (Lipinski definition) is 2. The second-order valence-corrected chi connectivity index (χ2v) is 9.48. The summed E-state index contributed by atoms with van der Waals surface area (Å²) in [6.07, 6.45) is 4.90. The first-order chi connectivity index (χ1) is 19.0. The number of benzene rings is 4. The first-order valence-electron chi connectivity index (χ1n) is 12.5. The molecule has 0 fully saturated rings. The number of amides is 1. The minimum Gasteiger partial charge on any atom is -0.478 e. The molecule has 2 aromatic heterocycles. The van der Waals surface area contributed by atoms with Crippen LogP contribution in [0.4, 0.5) is 0 Å². The van der Waals surface area contributed by atoms with Gasteiger partial charge in [0, 0.05) is 10.9 Å². The van der Waals surface area contributed by atoms with Crippen molar-refractivity contribution in [1.29, 1.82) is 0 Å². The molecular weight excluding hydrogens is 492 g/mol.